The largest absolute Gasteiger partial charge is 0.396 e. The van der Waals surface area contributed by atoms with Crippen molar-refractivity contribution < 1.29 is 9.90 Å². The highest BCUT2D eigenvalue weighted by Crippen LogP contribution is 2.28. The minimum Gasteiger partial charge on any atom is -0.396 e. The molecule has 1 aliphatic rings. The van der Waals surface area contributed by atoms with Gasteiger partial charge in [-0.15, -0.1) is 0 Å². The molecule has 1 saturated carbocycles. The summed E-state index contributed by atoms with van der Waals surface area (Å²) in [6.45, 7) is 3.13. The lowest BCUT2D eigenvalue weighted by Gasteiger charge is -2.26. The molecular weight excluding hydrogens is 178 g/mol. The summed E-state index contributed by atoms with van der Waals surface area (Å²) in [6.07, 6.45) is 4.89. The Bertz CT molecular complexity index is 174. The molecule has 1 aliphatic carbocycles. The molecule has 0 radical (unpaired) electrons. The van der Waals surface area contributed by atoms with Crippen LogP contribution in [0.2, 0.25) is 0 Å². The zero-order valence-corrected chi connectivity index (χ0v) is 8.96. The Morgan fingerprint density at radius 1 is 1.36 bits per heavy atom. The summed E-state index contributed by atoms with van der Waals surface area (Å²) in [7, 11) is 0. The van der Waals surface area contributed by atoms with E-state index < -0.39 is 0 Å². The Morgan fingerprint density at radius 2 is 2.00 bits per heavy atom. The van der Waals surface area contributed by atoms with Gasteiger partial charge in [0.2, 0.25) is 5.91 Å². The van der Waals surface area contributed by atoms with Crippen LogP contribution < -0.4 is 5.32 Å². The van der Waals surface area contributed by atoms with Crippen LogP contribution in [0, 0.1) is 11.8 Å². The molecule has 0 spiro atoms. The van der Waals surface area contributed by atoms with Gasteiger partial charge in [-0.25, -0.2) is 0 Å². The number of aliphatic hydroxyl groups is 1. The van der Waals surface area contributed by atoms with Crippen molar-refractivity contribution in [2.75, 3.05) is 13.2 Å². The van der Waals surface area contributed by atoms with Crippen molar-refractivity contribution in [2.24, 2.45) is 11.8 Å². The number of hydrogen-bond acceptors (Lipinski definition) is 2. The number of aliphatic hydroxyl groups excluding tert-OH is 1. The Balaban J connectivity index is 2.23. The van der Waals surface area contributed by atoms with E-state index in [-0.39, 0.29) is 18.4 Å². The zero-order chi connectivity index (χ0) is 10.4. The molecule has 0 saturated heterocycles. The fraction of sp³-hybridized carbons (Fsp3) is 0.909. The minimum atomic E-state index is 0.198. The Morgan fingerprint density at radius 3 is 2.50 bits per heavy atom. The molecule has 0 heterocycles. The summed E-state index contributed by atoms with van der Waals surface area (Å²) >= 11 is 0. The normalized spacial score (nSPS) is 27.3. The van der Waals surface area contributed by atoms with E-state index in [4.69, 9.17) is 5.11 Å². The Hall–Kier alpha value is -0.570. The summed E-state index contributed by atoms with van der Waals surface area (Å²) in [5.41, 5.74) is 0. The highest BCUT2D eigenvalue weighted by molar-refractivity contribution is 5.78. The molecule has 0 aromatic rings. The van der Waals surface area contributed by atoms with Crippen LogP contribution in [0.3, 0.4) is 0 Å². The van der Waals surface area contributed by atoms with Crippen LogP contribution in [-0.2, 0) is 4.79 Å². The first kappa shape index (κ1) is 11.5. The molecule has 0 aromatic carbocycles. The number of rotatable bonds is 4. The lowest BCUT2D eigenvalue weighted by Crippen LogP contribution is -2.34. The number of nitrogens with one attached hydrogen (secondary N) is 1. The van der Waals surface area contributed by atoms with Crippen molar-refractivity contribution in [3.05, 3.63) is 0 Å². The van der Waals surface area contributed by atoms with Crippen molar-refractivity contribution in [1.82, 2.24) is 5.32 Å². The molecule has 0 aliphatic heterocycles. The molecule has 3 nitrogen and oxygen atoms in total. The SMILES string of the molecule is CCCNC(=O)C1CCC(CO)CC1. The molecule has 14 heavy (non-hydrogen) atoms. The van der Waals surface area contributed by atoms with Crippen molar-refractivity contribution in [3.63, 3.8) is 0 Å². The molecule has 0 bridgehead atoms. The van der Waals surface area contributed by atoms with Gasteiger partial charge >= 0.3 is 0 Å². The lowest BCUT2D eigenvalue weighted by atomic mass is 9.82. The second-order valence-electron chi connectivity index (χ2n) is 4.19. The average molecular weight is 199 g/mol. The van der Waals surface area contributed by atoms with Gasteiger partial charge in [0.1, 0.15) is 0 Å². The summed E-state index contributed by atoms with van der Waals surface area (Å²) < 4.78 is 0. The summed E-state index contributed by atoms with van der Waals surface area (Å²) in [5, 5.41) is 11.9. The fourth-order valence-corrected chi connectivity index (χ4v) is 2.00. The third-order valence-corrected chi connectivity index (χ3v) is 3.02. The molecule has 0 aromatic heterocycles. The zero-order valence-electron chi connectivity index (χ0n) is 8.96. The van der Waals surface area contributed by atoms with E-state index in [0.717, 1.165) is 38.6 Å². The lowest BCUT2D eigenvalue weighted by molar-refractivity contribution is -0.126. The van der Waals surface area contributed by atoms with Gasteiger partial charge in [0.05, 0.1) is 0 Å². The molecule has 0 atom stereocenters. The van der Waals surface area contributed by atoms with Crippen LogP contribution in [-0.4, -0.2) is 24.2 Å². The van der Waals surface area contributed by atoms with Crippen LogP contribution in [0.25, 0.3) is 0 Å². The van der Waals surface area contributed by atoms with Crippen LogP contribution in [0.5, 0.6) is 0 Å². The van der Waals surface area contributed by atoms with Crippen molar-refractivity contribution >= 4 is 5.91 Å². The molecule has 2 N–H and O–H groups in total. The number of amides is 1. The fourth-order valence-electron chi connectivity index (χ4n) is 2.00. The van der Waals surface area contributed by atoms with Gasteiger partial charge < -0.3 is 10.4 Å². The van der Waals surface area contributed by atoms with Crippen LogP contribution in [0.1, 0.15) is 39.0 Å². The Kier molecular flexibility index (Phi) is 4.94. The standard InChI is InChI=1S/C11H21NO2/c1-2-7-12-11(14)10-5-3-9(8-13)4-6-10/h9-10,13H,2-8H2,1H3,(H,12,14). The predicted molar refractivity (Wildman–Crippen MR) is 55.8 cm³/mol. The number of hydrogen-bond donors (Lipinski definition) is 2. The highest BCUT2D eigenvalue weighted by Gasteiger charge is 2.25. The van der Waals surface area contributed by atoms with E-state index in [1.54, 1.807) is 0 Å². The maximum Gasteiger partial charge on any atom is 0.223 e. The number of carbonyl (C=O) groups is 1. The maximum atomic E-state index is 11.6. The van der Waals surface area contributed by atoms with E-state index in [2.05, 4.69) is 12.2 Å². The maximum absolute atomic E-state index is 11.6. The van der Waals surface area contributed by atoms with E-state index in [0.29, 0.717) is 5.92 Å². The minimum absolute atomic E-state index is 0.198. The number of carbonyl (C=O) groups excluding carboxylic acids is 1. The molecule has 82 valence electrons. The predicted octanol–water partition coefficient (Wildman–Crippen LogP) is 1.31. The Labute approximate surface area is 85.9 Å². The van der Waals surface area contributed by atoms with Crippen LogP contribution in [0.4, 0.5) is 0 Å². The first-order valence-corrected chi connectivity index (χ1v) is 5.66. The topological polar surface area (TPSA) is 49.3 Å². The van der Waals surface area contributed by atoms with Crippen LogP contribution >= 0.6 is 0 Å². The third-order valence-electron chi connectivity index (χ3n) is 3.02. The second kappa shape index (κ2) is 6.02. The average Bonchev–Trinajstić information content (AvgIpc) is 2.26. The quantitative estimate of drug-likeness (QED) is 0.717. The van der Waals surface area contributed by atoms with Gasteiger partial charge in [-0.05, 0) is 38.0 Å². The first-order chi connectivity index (χ1) is 6.77. The molecule has 1 amide bonds. The molecule has 1 fully saturated rings. The summed E-state index contributed by atoms with van der Waals surface area (Å²) in [6, 6.07) is 0. The van der Waals surface area contributed by atoms with Crippen molar-refractivity contribution in [3.8, 4) is 0 Å². The van der Waals surface area contributed by atoms with Gasteiger partial charge in [-0.3, -0.25) is 4.79 Å². The highest BCUT2D eigenvalue weighted by atomic mass is 16.3. The van der Waals surface area contributed by atoms with E-state index in [1.807, 2.05) is 0 Å². The van der Waals surface area contributed by atoms with E-state index >= 15 is 0 Å². The van der Waals surface area contributed by atoms with Gasteiger partial charge in [0.25, 0.3) is 0 Å². The smallest absolute Gasteiger partial charge is 0.223 e. The molecule has 3 heteroatoms. The summed E-state index contributed by atoms with van der Waals surface area (Å²) in [4.78, 5) is 11.6. The van der Waals surface area contributed by atoms with Crippen LogP contribution in [0.15, 0.2) is 0 Å². The first-order valence-electron chi connectivity index (χ1n) is 5.66. The van der Waals surface area contributed by atoms with Gasteiger partial charge in [0.15, 0.2) is 0 Å². The van der Waals surface area contributed by atoms with Gasteiger partial charge in [-0.2, -0.15) is 0 Å². The second-order valence-corrected chi connectivity index (χ2v) is 4.19. The third kappa shape index (κ3) is 3.29. The van der Waals surface area contributed by atoms with Crippen molar-refractivity contribution in [1.29, 1.82) is 0 Å². The van der Waals surface area contributed by atoms with E-state index in [1.165, 1.54) is 0 Å². The molecular formula is C11H21NO2. The molecule has 1 rings (SSSR count). The van der Waals surface area contributed by atoms with E-state index in [9.17, 15) is 4.79 Å². The van der Waals surface area contributed by atoms with Gasteiger partial charge in [-0.1, -0.05) is 6.92 Å². The van der Waals surface area contributed by atoms with Gasteiger partial charge in [0, 0.05) is 19.1 Å². The monoisotopic (exact) mass is 199 g/mol. The molecule has 0 unspecified atom stereocenters. The summed E-state index contributed by atoms with van der Waals surface area (Å²) in [5.74, 6) is 0.845. The van der Waals surface area contributed by atoms with Crippen molar-refractivity contribution in [2.45, 2.75) is 39.0 Å².